The van der Waals surface area contributed by atoms with Crippen molar-refractivity contribution in [2.75, 3.05) is 6.61 Å². The molecule has 0 spiro atoms. The third-order valence-electron chi connectivity index (χ3n) is 2.55. The molecule has 3 amide bonds. The smallest absolute Gasteiger partial charge is 0.282 e. The molecule has 1 aromatic rings. The summed E-state index contributed by atoms with van der Waals surface area (Å²) in [6.07, 6.45) is 0.700. The average Bonchev–Trinajstić information content (AvgIpc) is 2.63. The lowest BCUT2D eigenvalue weighted by Gasteiger charge is -2.09. The summed E-state index contributed by atoms with van der Waals surface area (Å²) in [5.74, 6) is -2.97. The van der Waals surface area contributed by atoms with Crippen LogP contribution in [0.15, 0.2) is 36.3 Å². The van der Waals surface area contributed by atoms with E-state index < -0.39 is 23.7 Å². The Bertz CT molecular complexity index is 555. The van der Waals surface area contributed by atoms with Crippen LogP contribution in [0.3, 0.4) is 0 Å². The van der Waals surface area contributed by atoms with Crippen LogP contribution in [0.1, 0.15) is 27.6 Å². The molecule has 1 N–H and O–H groups in total. The minimum Gasteiger partial charge on any atom is -0.481 e. The molecule has 1 aliphatic rings. The van der Waals surface area contributed by atoms with E-state index in [2.05, 4.69) is 4.74 Å². The highest BCUT2D eigenvalue weighted by Gasteiger charge is 2.39. The number of nitrogens with zero attached hydrogens (tertiary/aromatic N) is 1. The number of amides is 3. The number of hydrogen-bond donors (Lipinski definition) is 1. The highest BCUT2D eigenvalue weighted by Crippen LogP contribution is 2.22. The molecule has 98 valence electrons. The van der Waals surface area contributed by atoms with Gasteiger partial charge in [0.2, 0.25) is 0 Å². The molecular weight excluding hydrogens is 250 g/mol. The van der Waals surface area contributed by atoms with E-state index in [4.69, 9.17) is 0 Å². The van der Waals surface area contributed by atoms with Gasteiger partial charge in [0.1, 0.15) is 0 Å². The fourth-order valence-electron chi connectivity index (χ4n) is 1.75. The minimum absolute atomic E-state index is 0.164. The zero-order valence-corrected chi connectivity index (χ0v) is 10.1. The van der Waals surface area contributed by atoms with Gasteiger partial charge in [-0.2, -0.15) is 0 Å². The van der Waals surface area contributed by atoms with Crippen molar-refractivity contribution in [1.29, 1.82) is 0 Å². The Morgan fingerprint density at radius 2 is 1.79 bits per heavy atom. The van der Waals surface area contributed by atoms with E-state index in [0.29, 0.717) is 11.0 Å². The van der Waals surface area contributed by atoms with Crippen LogP contribution < -0.4 is 0 Å². The molecule has 0 bridgehead atoms. The Labute approximate surface area is 108 Å². The van der Waals surface area contributed by atoms with E-state index in [1.165, 1.54) is 12.1 Å². The second kappa shape index (κ2) is 4.93. The van der Waals surface area contributed by atoms with E-state index >= 15 is 0 Å². The number of benzene rings is 1. The lowest BCUT2D eigenvalue weighted by atomic mass is 10.1. The molecule has 1 aliphatic heterocycles. The van der Waals surface area contributed by atoms with Crippen molar-refractivity contribution < 1.29 is 24.2 Å². The number of ether oxygens (including phenoxy) is 1. The van der Waals surface area contributed by atoms with Crippen LogP contribution in [0, 0.1) is 0 Å². The van der Waals surface area contributed by atoms with Crippen LogP contribution in [0.4, 0.5) is 0 Å². The van der Waals surface area contributed by atoms with E-state index in [0.717, 1.165) is 0 Å². The fraction of sp³-hybridized carbons (Fsp3) is 0.154. The van der Waals surface area contributed by atoms with E-state index in [1.807, 2.05) is 0 Å². The molecule has 0 atom stereocenters. The molecule has 1 aromatic carbocycles. The fourth-order valence-corrected chi connectivity index (χ4v) is 1.75. The number of carbonyl (C=O) groups is 3. The largest absolute Gasteiger partial charge is 0.481 e. The quantitative estimate of drug-likeness (QED) is 0.503. The van der Waals surface area contributed by atoms with Gasteiger partial charge in [-0.1, -0.05) is 12.1 Å². The molecule has 0 unspecified atom stereocenters. The molecule has 6 nitrogen and oxygen atoms in total. The molecule has 1 heterocycles. The molecule has 0 aliphatic carbocycles. The molecule has 0 fully saturated rings. The lowest BCUT2D eigenvalue weighted by Crippen LogP contribution is -2.35. The highest BCUT2D eigenvalue weighted by atomic mass is 16.6. The van der Waals surface area contributed by atoms with Gasteiger partial charge in [-0.25, -0.2) is 4.90 Å². The number of carbonyl (C=O) groups excluding carboxylic acids is 3. The second-order valence-electron chi connectivity index (χ2n) is 3.75. The maximum absolute atomic E-state index is 11.9. The summed E-state index contributed by atoms with van der Waals surface area (Å²) in [7, 11) is 0. The van der Waals surface area contributed by atoms with Crippen LogP contribution in [0.5, 0.6) is 0 Å². The number of aliphatic hydroxyl groups is 1. The van der Waals surface area contributed by atoms with Crippen LogP contribution in [-0.2, 0) is 9.53 Å². The predicted molar refractivity (Wildman–Crippen MR) is 64.3 cm³/mol. The molecule has 0 saturated carbocycles. The van der Waals surface area contributed by atoms with E-state index in [1.54, 1.807) is 19.1 Å². The number of aliphatic hydroxyl groups excluding tert-OH is 1. The van der Waals surface area contributed by atoms with Crippen LogP contribution >= 0.6 is 0 Å². The highest BCUT2D eigenvalue weighted by molar-refractivity contribution is 6.30. The normalized spacial score (nSPS) is 14.6. The first kappa shape index (κ1) is 12.8. The first-order valence-corrected chi connectivity index (χ1v) is 5.61. The average molecular weight is 261 g/mol. The summed E-state index contributed by atoms with van der Waals surface area (Å²) < 4.78 is 4.67. The molecule has 2 rings (SSSR count). The summed E-state index contributed by atoms with van der Waals surface area (Å²) in [4.78, 5) is 36.1. The van der Waals surface area contributed by atoms with Gasteiger partial charge in [-0.05, 0) is 19.1 Å². The lowest BCUT2D eigenvalue weighted by molar-refractivity contribution is -0.121. The van der Waals surface area contributed by atoms with Gasteiger partial charge in [0.05, 0.1) is 23.8 Å². The summed E-state index contributed by atoms with van der Waals surface area (Å²) >= 11 is 0. The molecule has 0 aromatic heterocycles. The number of fused-ring (bicyclic) bond motifs is 1. The Hall–Kier alpha value is -2.63. The Morgan fingerprint density at radius 3 is 2.26 bits per heavy atom. The van der Waals surface area contributed by atoms with Crippen molar-refractivity contribution in [3.63, 3.8) is 0 Å². The number of rotatable bonds is 3. The van der Waals surface area contributed by atoms with Crippen LogP contribution in [-0.4, -0.2) is 34.3 Å². The van der Waals surface area contributed by atoms with Crippen molar-refractivity contribution in [3.8, 4) is 0 Å². The third-order valence-corrected chi connectivity index (χ3v) is 2.55. The Kier molecular flexibility index (Phi) is 3.33. The van der Waals surface area contributed by atoms with Crippen molar-refractivity contribution in [2.24, 2.45) is 0 Å². The maximum atomic E-state index is 11.9. The Morgan fingerprint density at radius 1 is 1.26 bits per heavy atom. The summed E-state index contributed by atoms with van der Waals surface area (Å²) in [6.45, 7) is 1.79. The third kappa shape index (κ3) is 2.20. The first-order valence-electron chi connectivity index (χ1n) is 5.61. The topological polar surface area (TPSA) is 83.9 Å². The van der Waals surface area contributed by atoms with Crippen molar-refractivity contribution in [2.45, 2.75) is 6.92 Å². The van der Waals surface area contributed by atoms with Gasteiger partial charge in [0.25, 0.3) is 23.7 Å². The summed E-state index contributed by atoms with van der Waals surface area (Å²) in [6, 6.07) is 6.14. The minimum atomic E-state index is -0.933. The number of imide groups is 3. The molecule has 6 heteroatoms. The summed E-state index contributed by atoms with van der Waals surface area (Å²) in [5, 5.41) is 9.24. The zero-order valence-electron chi connectivity index (χ0n) is 10.1. The standard InChI is InChI=1S/C13H11NO5/c1-2-19-11(16)7-10(15)14-12(17)8-5-3-4-6-9(8)13(14)18/h3-7,16H,2H2,1H3/b11-7-. The van der Waals surface area contributed by atoms with E-state index in [9.17, 15) is 19.5 Å². The molecule has 0 saturated heterocycles. The van der Waals surface area contributed by atoms with Gasteiger partial charge in [0.15, 0.2) is 0 Å². The molecule has 19 heavy (non-hydrogen) atoms. The first-order chi connectivity index (χ1) is 9.06. The molecule has 0 radical (unpaired) electrons. The van der Waals surface area contributed by atoms with Crippen LogP contribution in [0.25, 0.3) is 0 Å². The van der Waals surface area contributed by atoms with Gasteiger partial charge in [0, 0.05) is 0 Å². The van der Waals surface area contributed by atoms with Gasteiger partial charge in [-0.15, -0.1) is 0 Å². The summed E-state index contributed by atoms with van der Waals surface area (Å²) in [5.41, 5.74) is 0.343. The van der Waals surface area contributed by atoms with Crippen molar-refractivity contribution >= 4 is 17.7 Å². The SMILES string of the molecule is CCO/C(O)=C\C(=O)N1C(=O)c2ccccc2C1=O. The van der Waals surface area contributed by atoms with Crippen LogP contribution in [0.2, 0.25) is 0 Å². The number of hydrogen-bond acceptors (Lipinski definition) is 5. The van der Waals surface area contributed by atoms with Crippen molar-refractivity contribution in [1.82, 2.24) is 4.90 Å². The van der Waals surface area contributed by atoms with Gasteiger partial charge < -0.3 is 9.84 Å². The Balaban J connectivity index is 2.30. The zero-order chi connectivity index (χ0) is 14.0. The molecular formula is C13H11NO5. The van der Waals surface area contributed by atoms with Crippen molar-refractivity contribution in [3.05, 3.63) is 47.4 Å². The maximum Gasteiger partial charge on any atom is 0.282 e. The monoisotopic (exact) mass is 261 g/mol. The second-order valence-corrected chi connectivity index (χ2v) is 3.75. The van der Waals surface area contributed by atoms with Gasteiger partial charge >= 0.3 is 0 Å². The van der Waals surface area contributed by atoms with Gasteiger partial charge in [-0.3, -0.25) is 14.4 Å². The van der Waals surface area contributed by atoms with E-state index in [-0.39, 0.29) is 17.7 Å². The predicted octanol–water partition coefficient (Wildman–Crippen LogP) is 1.25.